The van der Waals surface area contributed by atoms with Gasteiger partial charge in [0.15, 0.2) is 0 Å². The molecule has 0 aliphatic carbocycles. The molecule has 78 valence electrons. The van der Waals surface area contributed by atoms with E-state index in [9.17, 15) is 5.11 Å². The Kier molecular flexibility index (Phi) is 3.67. The SMILES string of the molecule is CC(C)(O)c1ccc(CCCO)cc1. The Hall–Kier alpha value is -0.860. The highest BCUT2D eigenvalue weighted by Gasteiger charge is 2.14. The predicted molar refractivity (Wildman–Crippen MR) is 57.1 cm³/mol. The molecule has 2 heteroatoms. The van der Waals surface area contributed by atoms with Gasteiger partial charge in [-0.25, -0.2) is 0 Å². The second-order valence-corrected chi connectivity index (χ2v) is 4.08. The molecule has 0 bridgehead atoms. The average Bonchev–Trinajstić information content (AvgIpc) is 2.14. The molecule has 0 aliphatic heterocycles. The minimum Gasteiger partial charge on any atom is -0.396 e. The van der Waals surface area contributed by atoms with Crippen LogP contribution < -0.4 is 0 Å². The van der Waals surface area contributed by atoms with E-state index in [0.717, 1.165) is 18.4 Å². The number of aliphatic hydroxyl groups excluding tert-OH is 1. The summed E-state index contributed by atoms with van der Waals surface area (Å²) in [5.41, 5.74) is 1.35. The molecule has 0 aromatic heterocycles. The van der Waals surface area contributed by atoms with Crippen molar-refractivity contribution in [3.05, 3.63) is 35.4 Å². The summed E-state index contributed by atoms with van der Waals surface area (Å²) in [6.45, 7) is 3.78. The van der Waals surface area contributed by atoms with Gasteiger partial charge >= 0.3 is 0 Å². The lowest BCUT2D eigenvalue weighted by Gasteiger charge is -2.17. The molecule has 0 saturated heterocycles. The van der Waals surface area contributed by atoms with E-state index in [1.54, 1.807) is 13.8 Å². The standard InChI is InChI=1S/C12H18O2/c1-12(2,14)11-7-5-10(6-8-11)4-3-9-13/h5-8,13-14H,3-4,9H2,1-2H3. The van der Waals surface area contributed by atoms with Crippen molar-refractivity contribution in [2.24, 2.45) is 0 Å². The summed E-state index contributed by atoms with van der Waals surface area (Å²) in [6, 6.07) is 7.88. The van der Waals surface area contributed by atoms with Gasteiger partial charge in [0, 0.05) is 6.61 Å². The number of rotatable bonds is 4. The molecule has 0 aliphatic rings. The largest absolute Gasteiger partial charge is 0.396 e. The van der Waals surface area contributed by atoms with Crippen LogP contribution in [0.15, 0.2) is 24.3 Å². The van der Waals surface area contributed by atoms with Crippen LogP contribution >= 0.6 is 0 Å². The molecule has 14 heavy (non-hydrogen) atoms. The molecule has 0 radical (unpaired) electrons. The van der Waals surface area contributed by atoms with Gasteiger partial charge in [0.2, 0.25) is 0 Å². The average molecular weight is 194 g/mol. The van der Waals surface area contributed by atoms with Crippen LogP contribution in [0.1, 0.15) is 31.4 Å². The molecule has 2 nitrogen and oxygen atoms in total. The molecule has 0 saturated carbocycles. The fourth-order valence-electron chi connectivity index (χ4n) is 1.36. The summed E-state index contributed by atoms with van der Waals surface area (Å²) in [5, 5.41) is 18.4. The van der Waals surface area contributed by atoms with Gasteiger partial charge in [-0.2, -0.15) is 0 Å². The van der Waals surface area contributed by atoms with Gasteiger partial charge in [-0.3, -0.25) is 0 Å². The third kappa shape index (κ3) is 3.13. The summed E-state index contributed by atoms with van der Waals surface area (Å²) in [5.74, 6) is 0. The third-order valence-electron chi connectivity index (χ3n) is 2.28. The van der Waals surface area contributed by atoms with Crippen LogP contribution in [-0.2, 0) is 12.0 Å². The number of aryl methyl sites for hydroxylation is 1. The molecule has 0 unspecified atom stereocenters. The van der Waals surface area contributed by atoms with Crippen LogP contribution in [0, 0.1) is 0 Å². The Morgan fingerprint density at radius 3 is 2.14 bits per heavy atom. The lowest BCUT2D eigenvalue weighted by Crippen LogP contribution is -2.15. The monoisotopic (exact) mass is 194 g/mol. The van der Waals surface area contributed by atoms with E-state index in [0.29, 0.717) is 0 Å². The van der Waals surface area contributed by atoms with Crippen molar-refractivity contribution in [1.29, 1.82) is 0 Å². The van der Waals surface area contributed by atoms with E-state index in [4.69, 9.17) is 5.11 Å². The predicted octanol–water partition coefficient (Wildman–Crippen LogP) is 1.84. The molecule has 1 aromatic rings. The summed E-state index contributed by atoms with van der Waals surface area (Å²) >= 11 is 0. The molecule has 0 atom stereocenters. The van der Waals surface area contributed by atoms with Crippen molar-refractivity contribution in [3.8, 4) is 0 Å². The van der Waals surface area contributed by atoms with E-state index >= 15 is 0 Å². The Morgan fingerprint density at radius 2 is 1.71 bits per heavy atom. The van der Waals surface area contributed by atoms with Crippen molar-refractivity contribution < 1.29 is 10.2 Å². The highest BCUT2D eigenvalue weighted by Crippen LogP contribution is 2.19. The first-order chi connectivity index (χ1) is 6.54. The zero-order chi connectivity index (χ0) is 10.6. The molecule has 0 heterocycles. The maximum absolute atomic E-state index is 9.72. The molecular weight excluding hydrogens is 176 g/mol. The highest BCUT2D eigenvalue weighted by molar-refractivity contribution is 5.26. The Bertz CT molecular complexity index is 269. The maximum Gasteiger partial charge on any atom is 0.0840 e. The van der Waals surface area contributed by atoms with E-state index in [1.807, 2.05) is 24.3 Å². The van der Waals surface area contributed by atoms with E-state index in [2.05, 4.69) is 0 Å². The second kappa shape index (κ2) is 4.58. The van der Waals surface area contributed by atoms with Gasteiger partial charge < -0.3 is 10.2 Å². The molecule has 1 aromatic carbocycles. The Morgan fingerprint density at radius 1 is 1.14 bits per heavy atom. The van der Waals surface area contributed by atoms with Crippen molar-refractivity contribution in [2.45, 2.75) is 32.3 Å². The van der Waals surface area contributed by atoms with Gasteiger partial charge in [0.1, 0.15) is 0 Å². The normalized spacial score (nSPS) is 11.7. The van der Waals surface area contributed by atoms with Crippen molar-refractivity contribution in [3.63, 3.8) is 0 Å². The number of benzene rings is 1. The van der Waals surface area contributed by atoms with Crippen LogP contribution in [0.5, 0.6) is 0 Å². The molecule has 0 amide bonds. The van der Waals surface area contributed by atoms with Crippen LogP contribution in [0.25, 0.3) is 0 Å². The first-order valence-electron chi connectivity index (χ1n) is 4.96. The van der Waals surface area contributed by atoms with Crippen LogP contribution in [0.2, 0.25) is 0 Å². The van der Waals surface area contributed by atoms with Gasteiger partial charge in [-0.15, -0.1) is 0 Å². The lowest BCUT2D eigenvalue weighted by molar-refractivity contribution is 0.0786. The maximum atomic E-state index is 9.72. The minimum atomic E-state index is -0.768. The summed E-state index contributed by atoms with van der Waals surface area (Å²) in [6.07, 6.45) is 1.69. The lowest BCUT2D eigenvalue weighted by atomic mass is 9.96. The third-order valence-corrected chi connectivity index (χ3v) is 2.28. The smallest absolute Gasteiger partial charge is 0.0840 e. The number of hydrogen-bond acceptors (Lipinski definition) is 2. The zero-order valence-corrected chi connectivity index (χ0v) is 8.83. The molecular formula is C12H18O2. The first kappa shape index (κ1) is 11.2. The number of aliphatic hydroxyl groups is 2. The van der Waals surface area contributed by atoms with Gasteiger partial charge in [-0.1, -0.05) is 24.3 Å². The summed E-state index contributed by atoms with van der Waals surface area (Å²) in [7, 11) is 0. The fourth-order valence-corrected chi connectivity index (χ4v) is 1.36. The summed E-state index contributed by atoms with van der Waals surface area (Å²) in [4.78, 5) is 0. The minimum absolute atomic E-state index is 0.229. The van der Waals surface area contributed by atoms with Crippen molar-refractivity contribution >= 4 is 0 Å². The van der Waals surface area contributed by atoms with Crippen LogP contribution in [-0.4, -0.2) is 16.8 Å². The molecule has 2 N–H and O–H groups in total. The quantitative estimate of drug-likeness (QED) is 0.767. The van der Waals surface area contributed by atoms with E-state index < -0.39 is 5.60 Å². The number of hydrogen-bond donors (Lipinski definition) is 2. The Labute approximate surface area is 85.2 Å². The first-order valence-corrected chi connectivity index (χ1v) is 4.96. The van der Waals surface area contributed by atoms with Crippen LogP contribution in [0.4, 0.5) is 0 Å². The molecule has 0 spiro atoms. The second-order valence-electron chi connectivity index (χ2n) is 4.08. The van der Waals surface area contributed by atoms with E-state index in [1.165, 1.54) is 5.56 Å². The van der Waals surface area contributed by atoms with Crippen LogP contribution in [0.3, 0.4) is 0 Å². The van der Waals surface area contributed by atoms with Gasteiger partial charge in [0.05, 0.1) is 5.60 Å². The topological polar surface area (TPSA) is 40.5 Å². The van der Waals surface area contributed by atoms with E-state index in [-0.39, 0.29) is 6.61 Å². The van der Waals surface area contributed by atoms with Gasteiger partial charge in [-0.05, 0) is 37.8 Å². The van der Waals surface area contributed by atoms with Gasteiger partial charge in [0.25, 0.3) is 0 Å². The molecule has 0 fully saturated rings. The fraction of sp³-hybridized carbons (Fsp3) is 0.500. The Balaban J connectivity index is 2.69. The summed E-state index contributed by atoms with van der Waals surface area (Å²) < 4.78 is 0. The van der Waals surface area contributed by atoms with Crippen molar-refractivity contribution in [2.75, 3.05) is 6.61 Å². The van der Waals surface area contributed by atoms with Crippen molar-refractivity contribution in [1.82, 2.24) is 0 Å². The highest BCUT2D eigenvalue weighted by atomic mass is 16.3. The zero-order valence-electron chi connectivity index (χ0n) is 8.83. The molecule has 1 rings (SSSR count).